The Morgan fingerprint density at radius 1 is 1.32 bits per heavy atom. The van der Waals surface area contributed by atoms with Gasteiger partial charge >= 0.3 is 0 Å². The molecule has 0 aliphatic heterocycles. The second-order valence-corrected chi connectivity index (χ2v) is 4.71. The quantitative estimate of drug-likeness (QED) is 0.901. The maximum absolute atomic E-state index is 13.0. The van der Waals surface area contributed by atoms with Gasteiger partial charge in [-0.05, 0) is 42.8 Å². The molecule has 1 N–H and O–H groups in total. The number of pyridine rings is 1. The molecule has 0 spiro atoms. The van der Waals surface area contributed by atoms with E-state index in [9.17, 15) is 4.39 Å². The zero-order valence-electron chi connectivity index (χ0n) is 10.7. The first-order valence-electron chi connectivity index (χ1n) is 6.29. The van der Waals surface area contributed by atoms with Crippen LogP contribution >= 0.6 is 11.6 Å². The zero-order valence-corrected chi connectivity index (χ0v) is 11.5. The molecule has 1 unspecified atom stereocenters. The van der Waals surface area contributed by atoms with Crippen LogP contribution in [0.25, 0.3) is 0 Å². The van der Waals surface area contributed by atoms with Gasteiger partial charge in [0.05, 0.1) is 11.7 Å². The van der Waals surface area contributed by atoms with E-state index in [1.54, 1.807) is 12.3 Å². The van der Waals surface area contributed by atoms with Crippen molar-refractivity contribution in [2.75, 3.05) is 6.54 Å². The first kappa shape index (κ1) is 14.0. The highest BCUT2D eigenvalue weighted by atomic mass is 35.5. The summed E-state index contributed by atoms with van der Waals surface area (Å²) in [4.78, 5) is 4.36. The monoisotopic (exact) mass is 278 g/mol. The van der Waals surface area contributed by atoms with E-state index < -0.39 is 0 Å². The van der Waals surface area contributed by atoms with Crippen LogP contribution in [0, 0.1) is 5.82 Å². The molecule has 0 saturated carbocycles. The number of hydrogen-bond donors (Lipinski definition) is 1. The van der Waals surface area contributed by atoms with E-state index in [1.165, 1.54) is 12.1 Å². The molecular weight excluding hydrogens is 263 g/mol. The van der Waals surface area contributed by atoms with Crippen molar-refractivity contribution >= 4 is 11.6 Å². The van der Waals surface area contributed by atoms with Gasteiger partial charge < -0.3 is 5.32 Å². The van der Waals surface area contributed by atoms with Crippen LogP contribution in [0.4, 0.5) is 4.39 Å². The second-order valence-electron chi connectivity index (χ2n) is 4.30. The number of aromatic nitrogens is 1. The molecule has 0 bridgehead atoms. The lowest BCUT2D eigenvalue weighted by atomic mass is 10.0. The third-order valence-corrected chi connectivity index (χ3v) is 3.29. The van der Waals surface area contributed by atoms with Gasteiger partial charge in [-0.3, -0.25) is 4.98 Å². The molecule has 1 heterocycles. The molecule has 100 valence electrons. The Hall–Kier alpha value is -1.45. The standard InChI is InChI=1S/C15H16ClFN2/c1-2-18-15(14-5-3-4-8-19-14)9-11-6-7-12(17)10-13(11)16/h3-8,10,15,18H,2,9H2,1H3. The number of likely N-dealkylation sites (N-methyl/N-ethyl adjacent to an activating group) is 1. The molecule has 2 rings (SSSR count). The molecule has 1 aromatic heterocycles. The van der Waals surface area contributed by atoms with Gasteiger partial charge in [0.15, 0.2) is 0 Å². The molecule has 2 nitrogen and oxygen atoms in total. The SMILES string of the molecule is CCNC(Cc1ccc(F)cc1Cl)c1ccccn1. The van der Waals surface area contributed by atoms with E-state index in [-0.39, 0.29) is 11.9 Å². The first-order chi connectivity index (χ1) is 9.20. The van der Waals surface area contributed by atoms with E-state index in [0.717, 1.165) is 17.8 Å². The van der Waals surface area contributed by atoms with Crippen molar-refractivity contribution in [3.05, 3.63) is 64.7 Å². The third-order valence-electron chi connectivity index (χ3n) is 2.93. The van der Waals surface area contributed by atoms with Gasteiger partial charge in [-0.2, -0.15) is 0 Å². The Kier molecular flexibility index (Phi) is 4.88. The normalized spacial score (nSPS) is 12.4. The van der Waals surface area contributed by atoms with Crippen LogP contribution in [0.2, 0.25) is 5.02 Å². The van der Waals surface area contributed by atoms with Crippen LogP contribution < -0.4 is 5.32 Å². The fourth-order valence-electron chi connectivity index (χ4n) is 2.02. The highest BCUT2D eigenvalue weighted by Crippen LogP contribution is 2.23. The number of rotatable bonds is 5. The number of benzene rings is 1. The minimum Gasteiger partial charge on any atom is -0.309 e. The molecule has 0 radical (unpaired) electrons. The predicted octanol–water partition coefficient (Wildman–Crippen LogP) is 3.77. The first-order valence-corrected chi connectivity index (χ1v) is 6.66. The molecule has 1 aromatic carbocycles. The van der Waals surface area contributed by atoms with Gasteiger partial charge in [0.2, 0.25) is 0 Å². The van der Waals surface area contributed by atoms with Gasteiger partial charge in [-0.15, -0.1) is 0 Å². The number of nitrogens with one attached hydrogen (secondary N) is 1. The van der Waals surface area contributed by atoms with Crippen molar-refractivity contribution in [1.82, 2.24) is 10.3 Å². The fraction of sp³-hybridized carbons (Fsp3) is 0.267. The summed E-state index contributed by atoms with van der Waals surface area (Å²) < 4.78 is 13.0. The van der Waals surface area contributed by atoms with Crippen LogP contribution in [0.15, 0.2) is 42.6 Å². The van der Waals surface area contributed by atoms with E-state index in [1.807, 2.05) is 25.1 Å². The molecule has 4 heteroatoms. The molecule has 19 heavy (non-hydrogen) atoms. The number of halogens is 2. The largest absolute Gasteiger partial charge is 0.309 e. The van der Waals surface area contributed by atoms with E-state index >= 15 is 0 Å². The molecule has 0 amide bonds. The molecule has 0 saturated heterocycles. The van der Waals surface area contributed by atoms with Crippen LogP contribution in [0.5, 0.6) is 0 Å². The lowest BCUT2D eigenvalue weighted by Crippen LogP contribution is -2.24. The van der Waals surface area contributed by atoms with Gasteiger partial charge in [0.1, 0.15) is 5.82 Å². The molecule has 1 atom stereocenters. The fourth-order valence-corrected chi connectivity index (χ4v) is 2.26. The zero-order chi connectivity index (χ0) is 13.7. The summed E-state index contributed by atoms with van der Waals surface area (Å²) in [6.07, 6.45) is 2.45. The van der Waals surface area contributed by atoms with Crippen molar-refractivity contribution in [1.29, 1.82) is 0 Å². The van der Waals surface area contributed by atoms with E-state index in [2.05, 4.69) is 10.3 Å². The summed E-state index contributed by atoms with van der Waals surface area (Å²) in [5, 5.41) is 3.83. The Labute approximate surface area is 117 Å². The smallest absolute Gasteiger partial charge is 0.124 e. The van der Waals surface area contributed by atoms with Crippen LogP contribution in [0.3, 0.4) is 0 Å². The van der Waals surface area contributed by atoms with Crippen molar-refractivity contribution in [3.8, 4) is 0 Å². The van der Waals surface area contributed by atoms with Crippen molar-refractivity contribution in [2.45, 2.75) is 19.4 Å². The molecule has 0 aliphatic rings. The Morgan fingerprint density at radius 2 is 2.16 bits per heavy atom. The van der Waals surface area contributed by atoms with E-state index in [0.29, 0.717) is 11.4 Å². The summed E-state index contributed by atoms with van der Waals surface area (Å²) in [6, 6.07) is 10.4. The van der Waals surface area contributed by atoms with Crippen LogP contribution in [-0.2, 0) is 6.42 Å². The van der Waals surface area contributed by atoms with Gasteiger partial charge in [-0.1, -0.05) is 30.7 Å². The maximum atomic E-state index is 13.0. The van der Waals surface area contributed by atoms with Crippen molar-refractivity contribution < 1.29 is 4.39 Å². The minimum atomic E-state index is -0.313. The molecule has 0 aliphatic carbocycles. The summed E-state index contributed by atoms with van der Waals surface area (Å²) in [6.45, 7) is 2.88. The summed E-state index contributed by atoms with van der Waals surface area (Å²) in [7, 11) is 0. The molecule has 2 aromatic rings. The van der Waals surface area contributed by atoms with Crippen LogP contribution in [-0.4, -0.2) is 11.5 Å². The Morgan fingerprint density at radius 3 is 2.79 bits per heavy atom. The lowest BCUT2D eigenvalue weighted by molar-refractivity contribution is 0.536. The van der Waals surface area contributed by atoms with Gasteiger partial charge in [0, 0.05) is 11.2 Å². The Bertz CT molecular complexity index is 531. The summed E-state index contributed by atoms with van der Waals surface area (Å²) in [5.74, 6) is -0.313. The average Bonchev–Trinajstić information content (AvgIpc) is 2.42. The van der Waals surface area contributed by atoms with Crippen molar-refractivity contribution in [2.24, 2.45) is 0 Å². The number of nitrogens with zero attached hydrogens (tertiary/aromatic N) is 1. The summed E-state index contributed by atoms with van der Waals surface area (Å²) >= 11 is 6.07. The topological polar surface area (TPSA) is 24.9 Å². The summed E-state index contributed by atoms with van der Waals surface area (Å²) in [5.41, 5.74) is 1.88. The highest BCUT2D eigenvalue weighted by Gasteiger charge is 2.14. The molecule has 0 fully saturated rings. The van der Waals surface area contributed by atoms with Gasteiger partial charge in [-0.25, -0.2) is 4.39 Å². The van der Waals surface area contributed by atoms with Gasteiger partial charge in [0.25, 0.3) is 0 Å². The average molecular weight is 279 g/mol. The van der Waals surface area contributed by atoms with Crippen LogP contribution in [0.1, 0.15) is 24.2 Å². The lowest BCUT2D eigenvalue weighted by Gasteiger charge is -2.18. The molecular formula is C15H16ClFN2. The second kappa shape index (κ2) is 6.64. The Balaban J connectivity index is 2.21. The van der Waals surface area contributed by atoms with Crippen molar-refractivity contribution in [3.63, 3.8) is 0 Å². The maximum Gasteiger partial charge on any atom is 0.124 e. The number of hydrogen-bond acceptors (Lipinski definition) is 2. The van der Waals surface area contributed by atoms with E-state index in [4.69, 9.17) is 11.6 Å². The highest BCUT2D eigenvalue weighted by molar-refractivity contribution is 6.31. The predicted molar refractivity (Wildman–Crippen MR) is 75.8 cm³/mol. The third kappa shape index (κ3) is 3.75. The minimum absolute atomic E-state index is 0.0779.